The summed E-state index contributed by atoms with van der Waals surface area (Å²) in [5.74, 6) is 0. The molecule has 1 heterocycles. The number of nitrogens with two attached hydrogens (primary N) is 1. The molecule has 0 spiro atoms. The highest BCUT2D eigenvalue weighted by atomic mass is 15.3. The molecule has 0 aromatic heterocycles. The first-order valence-corrected chi connectivity index (χ1v) is 4.42. The first kappa shape index (κ1) is 8.02. The van der Waals surface area contributed by atoms with Crippen molar-refractivity contribution in [3.63, 3.8) is 0 Å². The van der Waals surface area contributed by atoms with E-state index in [0.29, 0.717) is 0 Å². The Kier molecular flexibility index (Phi) is 3.16. The second-order valence-corrected chi connectivity index (χ2v) is 3.08. The summed E-state index contributed by atoms with van der Waals surface area (Å²) in [6.07, 6.45) is 4.89. The Hall–Kier alpha value is -0.0800. The molecule has 60 valence electrons. The highest BCUT2D eigenvalue weighted by molar-refractivity contribution is 4.72. The van der Waals surface area contributed by atoms with E-state index in [-0.39, 0.29) is 0 Å². The molecule has 1 unspecified atom stereocenters. The van der Waals surface area contributed by atoms with Gasteiger partial charge in [0.1, 0.15) is 6.17 Å². The quantitative estimate of drug-likeness (QED) is 0.588. The fourth-order valence-electron chi connectivity index (χ4n) is 1.48. The van der Waals surface area contributed by atoms with E-state index in [0.717, 1.165) is 6.17 Å². The van der Waals surface area contributed by atoms with E-state index >= 15 is 0 Å². The van der Waals surface area contributed by atoms with Crippen molar-refractivity contribution < 1.29 is 5.32 Å². The monoisotopic (exact) mass is 143 g/mol. The minimum absolute atomic E-state index is 0.812. The van der Waals surface area contributed by atoms with Crippen molar-refractivity contribution in [3.8, 4) is 0 Å². The van der Waals surface area contributed by atoms with Crippen LogP contribution in [0.1, 0.15) is 26.2 Å². The number of likely N-dealkylation sites (tertiary alicyclic amines) is 1. The first-order chi connectivity index (χ1) is 4.88. The first-order valence-electron chi connectivity index (χ1n) is 4.42. The van der Waals surface area contributed by atoms with Crippen LogP contribution in [0.5, 0.6) is 0 Å². The number of hydrogen-bond acceptors (Lipinski definition) is 1. The van der Waals surface area contributed by atoms with Crippen molar-refractivity contribution in [2.24, 2.45) is 0 Å². The maximum atomic E-state index is 2.56. The molecule has 0 amide bonds. The molecule has 2 heteroatoms. The number of rotatable bonds is 4. The van der Waals surface area contributed by atoms with Crippen LogP contribution in [-0.4, -0.2) is 31.2 Å². The molecule has 1 saturated heterocycles. The van der Waals surface area contributed by atoms with Crippen LogP contribution in [0, 0.1) is 0 Å². The van der Waals surface area contributed by atoms with Gasteiger partial charge in [0.2, 0.25) is 0 Å². The molecule has 1 aliphatic heterocycles. The van der Waals surface area contributed by atoms with Crippen LogP contribution < -0.4 is 5.32 Å². The van der Waals surface area contributed by atoms with Crippen LogP contribution in [0.15, 0.2) is 0 Å². The molecular formula is C8H19N2+. The third-order valence-electron chi connectivity index (χ3n) is 2.36. The predicted octanol–water partition coefficient (Wildman–Crippen LogP) is 0.0115. The molecule has 2 nitrogen and oxygen atoms in total. The fraction of sp³-hybridized carbons (Fsp3) is 1.00. The van der Waals surface area contributed by atoms with Crippen LogP contribution in [0.25, 0.3) is 0 Å². The standard InChI is InChI=1S/C8H18N2/c1-3-4-6-10-7-5-8(10)9-2/h8-9H,3-7H2,1-2H3/p+1. The lowest BCUT2D eigenvalue weighted by atomic mass is 10.1. The second-order valence-electron chi connectivity index (χ2n) is 3.08. The van der Waals surface area contributed by atoms with Gasteiger partial charge in [-0.1, -0.05) is 13.3 Å². The summed E-state index contributed by atoms with van der Waals surface area (Å²) in [6.45, 7) is 4.89. The molecule has 1 rings (SSSR count). The zero-order chi connectivity index (χ0) is 7.40. The average Bonchev–Trinajstić information content (AvgIpc) is 1.88. The van der Waals surface area contributed by atoms with Crippen molar-refractivity contribution >= 4 is 0 Å². The Morgan fingerprint density at radius 3 is 2.80 bits per heavy atom. The van der Waals surface area contributed by atoms with E-state index in [4.69, 9.17) is 0 Å². The van der Waals surface area contributed by atoms with E-state index in [1.807, 2.05) is 0 Å². The molecule has 1 fully saturated rings. The average molecular weight is 143 g/mol. The summed E-state index contributed by atoms with van der Waals surface area (Å²) in [5, 5.41) is 2.32. The highest BCUT2D eigenvalue weighted by Gasteiger charge is 2.28. The largest absolute Gasteiger partial charge is 0.334 e. The maximum absolute atomic E-state index is 2.56. The van der Waals surface area contributed by atoms with E-state index in [9.17, 15) is 0 Å². The summed E-state index contributed by atoms with van der Waals surface area (Å²) in [5.41, 5.74) is 0. The number of nitrogens with zero attached hydrogens (tertiary/aromatic N) is 1. The third-order valence-corrected chi connectivity index (χ3v) is 2.36. The molecule has 0 bridgehead atoms. The summed E-state index contributed by atoms with van der Waals surface area (Å²) < 4.78 is 0. The molecule has 0 aliphatic carbocycles. The lowest BCUT2D eigenvalue weighted by Gasteiger charge is -2.37. The fourth-order valence-corrected chi connectivity index (χ4v) is 1.48. The van der Waals surface area contributed by atoms with Crippen LogP contribution in [0.4, 0.5) is 0 Å². The summed E-state index contributed by atoms with van der Waals surface area (Å²) >= 11 is 0. The normalized spacial score (nSPS) is 26.4. The zero-order valence-corrected chi connectivity index (χ0v) is 7.14. The lowest BCUT2D eigenvalue weighted by molar-refractivity contribution is -0.698. The molecule has 1 atom stereocenters. The molecule has 0 radical (unpaired) electrons. The van der Waals surface area contributed by atoms with Crippen molar-refractivity contribution in [3.05, 3.63) is 0 Å². The third kappa shape index (κ3) is 1.70. The Labute approximate surface area is 63.6 Å². The number of unbranched alkanes of at least 4 members (excludes halogenated alkanes) is 1. The zero-order valence-electron chi connectivity index (χ0n) is 7.14. The molecule has 0 saturated carbocycles. The Morgan fingerprint density at radius 2 is 2.40 bits per heavy atom. The molecule has 1 aliphatic rings. The van der Waals surface area contributed by atoms with Crippen molar-refractivity contribution in [2.45, 2.75) is 32.4 Å². The van der Waals surface area contributed by atoms with Crippen LogP contribution in [0.2, 0.25) is 0 Å². The van der Waals surface area contributed by atoms with Gasteiger partial charge in [-0.3, -0.25) is 4.90 Å². The van der Waals surface area contributed by atoms with E-state index in [1.54, 1.807) is 0 Å². The SMILES string of the molecule is CCCCN1CCC1[NH2+]C. The molecular weight excluding hydrogens is 124 g/mol. The molecule has 0 aromatic rings. The van der Waals surface area contributed by atoms with Crippen molar-refractivity contribution in [1.29, 1.82) is 0 Å². The topological polar surface area (TPSA) is 19.9 Å². The van der Waals surface area contributed by atoms with Gasteiger partial charge in [-0.05, 0) is 6.42 Å². The smallest absolute Gasteiger partial charge is 0.143 e. The van der Waals surface area contributed by atoms with Gasteiger partial charge in [0, 0.05) is 19.5 Å². The van der Waals surface area contributed by atoms with Crippen LogP contribution in [0.3, 0.4) is 0 Å². The predicted molar refractivity (Wildman–Crippen MR) is 42.7 cm³/mol. The Balaban J connectivity index is 2.05. The van der Waals surface area contributed by atoms with Crippen LogP contribution in [-0.2, 0) is 0 Å². The van der Waals surface area contributed by atoms with Gasteiger partial charge in [-0.2, -0.15) is 0 Å². The molecule has 0 aromatic carbocycles. The van der Waals surface area contributed by atoms with Crippen LogP contribution >= 0.6 is 0 Å². The van der Waals surface area contributed by atoms with E-state index in [1.165, 1.54) is 32.4 Å². The number of quaternary nitrogens is 1. The Bertz CT molecular complexity index is 91.3. The highest BCUT2D eigenvalue weighted by Crippen LogP contribution is 2.11. The Morgan fingerprint density at radius 1 is 1.60 bits per heavy atom. The van der Waals surface area contributed by atoms with Gasteiger partial charge in [-0.25, -0.2) is 0 Å². The minimum atomic E-state index is 0.812. The van der Waals surface area contributed by atoms with Gasteiger partial charge >= 0.3 is 0 Å². The second kappa shape index (κ2) is 3.94. The number of hydrogen-bond donors (Lipinski definition) is 1. The van der Waals surface area contributed by atoms with Gasteiger partial charge in [0.15, 0.2) is 0 Å². The van der Waals surface area contributed by atoms with Gasteiger partial charge in [0.25, 0.3) is 0 Å². The molecule has 2 N–H and O–H groups in total. The van der Waals surface area contributed by atoms with Crippen molar-refractivity contribution in [2.75, 3.05) is 20.1 Å². The van der Waals surface area contributed by atoms with Crippen molar-refractivity contribution in [1.82, 2.24) is 4.90 Å². The van der Waals surface area contributed by atoms with Gasteiger partial charge < -0.3 is 5.32 Å². The maximum Gasteiger partial charge on any atom is 0.143 e. The van der Waals surface area contributed by atoms with Gasteiger partial charge in [-0.15, -0.1) is 0 Å². The van der Waals surface area contributed by atoms with Gasteiger partial charge in [0.05, 0.1) is 7.05 Å². The summed E-state index contributed by atoms with van der Waals surface area (Å²) in [7, 11) is 2.17. The summed E-state index contributed by atoms with van der Waals surface area (Å²) in [6, 6.07) is 0. The summed E-state index contributed by atoms with van der Waals surface area (Å²) in [4.78, 5) is 2.56. The lowest BCUT2D eigenvalue weighted by Crippen LogP contribution is -2.93. The molecule has 10 heavy (non-hydrogen) atoms. The van der Waals surface area contributed by atoms with E-state index in [2.05, 4.69) is 24.2 Å². The van der Waals surface area contributed by atoms with E-state index < -0.39 is 0 Å². The minimum Gasteiger partial charge on any atom is -0.334 e.